The van der Waals surface area contributed by atoms with Crippen LogP contribution in [0.5, 0.6) is 0 Å². The Kier molecular flexibility index (Phi) is 5.03. The normalized spacial score (nSPS) is 12.5. The fourth-order valence-electron chi connectivity index (χ4n) is 1.53. The van der Waals surface area contributed by atoms with E-state index in [1.165, 1.54) is 19.1 Å². The number of anilines is 1. The zero-order valence-corrected chi connectivity index (χ0v) is 11.7. The second kappa shape index (κ2) is 6.33. The molecule has 0 unspecified atom stereocenters. The van der Waals surface area contributed by atoms with Crippen LogP contribution < -0.4 is 4.72 Å². The minimum atomic E-state index is -3.96. The van der Waals surface area contributed by atoms with Gasteiger partial charge < -0.3 is 4.74 Å². The quantitative estimate of drug-likeness (QED) is 0.481. The van der Waals surface area contributed by atoms with E-state index in [2.05, 4.69) is 9.46 Å². The third-order valence-electron chi connectivity index (χ3n) is 2.55. The number of carbonyl (C=O) groups excluding carboxylic acids is 1. The molecule has 0 saturated heterocycles. The summed E-state index contributed by atoms with van der Waals surface area (Å²) >= 11 is 0. The van der Waals surface area contributed by atoms with Crippen molar-refractivity contribution in [1.82, 2.24) is 0 Å². The van der Waals surface area contributed by atoms with Crippen molar-refractivity contribution >= 4 is 27.4 Å². The van der Waals surface area contributed by atoms with E-state index in [0.29, 0.717) is 0 Å². The molecule has 1 aromatic carbocycles. The fourth-order valence-corrected chi connectivity index (χ4v) is 2.93. The zero-order valence-electron chi connectivity index (χ0n) is 10.9. The predicted octanol–water partition coefficient (Wildman–Crippen LogP) is 1.29. The number of ether oxygens (including phenoxy) is 1. The van der Waals surface area contributed by atoms with E-state index >= 15 is 0 Å². The summed E-state index contributed by atoms with van der Waals surface area (Å²) in [6, 6.07) is 4.83. The Bertz CT molecular complexity index is 596. The zero-order chi connectivity index (χ0) is 15.3. The number of nitro groups is 1. The summed E-state index contributed by atoms with van der Waals surface area (Å²) in [6.07, 6.45) is 0.0506. The number of methoxy groups -OCH3 is 1. The van der Waals surface area contributed by atoms with Crippen molar-refractivity contribution in [2.24, 2.45) is 0 Å². The first-order valence-corrected chi connectivity index (χ1v) is 7.20. The molecule has 0 aliphatic carbocycles. The summed E-state index contributed by atoms with van der Waals surface area (Å²) in [6.45, 7) is 1.54. The van der Waals surface area contributed by atoms with Gasteiger partial charge in [-0.3, -0.25) is 19.6 Å². The molecule has 8 nitrogen and oxygen atoms in total. The van der Waals surface area contributed by atoms with Crippen LogP contribution in [-0.4, -0.2) is 31.7 Å². The Balaban J connectivity index is 2.95. The van der Waals surface area contributed by atoms with Crippen molar-refractivity contribution < 1.29 is 22.9 Å². The number of hydrogen-bond donors (Lipinski definition) is 1. The highest BCUT2D eigenvalue weighted by Gasteiger charge is 2.32. The number of rotatable bonds is 6. The highest BCUT2D eigenvalue weighted by atomic mass is 32.2. The second-order valence-corrected chi connectivity index (χ2v) is 5.73. The van der Waals surface area contributed by atoms with Crippen molar-refractivity contribution in [3.05, 3.63) is 34.4 Å². The van der Waals surface area contributed by atoms with Crippen molar-refractivity contribution in [3.63, 3.8) is 0 Å². The summed E-state index contributed by atoms with van der Waals surface area (Å²) in [5, 5.41) is 9.16. The summed E-state index contributed by atoms with van der Waals surface area (Å²) in [5.41, 5.74) is -0.0223. The van der Waals surface area contributed by atoms with Gasteiger partial charge in [0.25, 0.3) is 5.69 Å². The van der Waals surface area contributed by atoms with Gasteiger partial charge in [-0.1, -0.05) is 6.92 Å². The maximum Gasteiger partial charge on any atom is 0.325 e. The van der Waals surface area contributed by atoms with Crippen LogP contribution in [0.2, 0.25) is 0 Å². The molecule has 9 heteroatoms. The lowest BCUT2D eigenvalue weighted by Crippen LogP contribution is -2.35. The van der Waals surface area contributed by atoms with E-state index in [1.54, 1.807) is 0 Å². The first-order valence-electron chi connectivity index (χ1n) is 5.65. The SMILES string of the molecule is CC[C@@H](C(=O)OC)S(=O)(=O)Nc1ccc([N+](=O)[O-])cc1. The van der Waals surface area contributed by atoms with E-state index in [0.717, 1.165) is 19.2 Å². The number of carbonyl (C=O) groups is 1. The van der Waals surface area contributed by atoms with Crippen LogP contribution >= 0.6 is 0 Å². The first kappa shape index (κ1) is 15.9. The molecule has 0 saturated carbocycles. The lowest BCUT2D eigenvalue weighted by molar-refractivity contribution is -0.384. The van der Waals surface area contributed by atoms with E-state index in [-0.39, 0.29) is 17.8 Å². The molecule has 0 amide bonds. The maximum absolute atomic E-state index is 12.0. The van der Waals surface area contributed by atoms with Gasteiger partial charge in [-0.25, -0.2) is 8.42 Å². The van der Waals surface area contributed by atoms with E-state index in [9.17, 15) is 23.3 Å². The van der Waals surface area contributed by atoms with Gasteiger partial charge in [-0.15, -0.1) is 0 Å². The molecule has 110 valence electrons. The number of nitrogens with one attached hydrogen (secondary N) is 1. The molecule has 0 heterocycles. The summed E-state index contributed by atoms with van der Waals surface area (Å²) < 4.78 is 30.6. The lowest BCUT2D eigenvalue weighted by Gasteiger charge is -2.15. The fraction of sp³-hybridized carbons (Fsp3) is 0.364. The van der Waals surface area contributed by atoms with Gasteiger partial charge in [0, 0.05) is 17.8 Å². The standard InChI is InChI=1S/C11H14N2O6S/c1-3-10(11(14)19-2)20(17,18)12-8-4-6-9(7-5-8)13(15)16/h4-7,10,12H,3H2,1-2H3/t10-/m0/s1. The molecule has 0 aliphatic heterocycles. The number of nitrogens with zero attached hydrogens (tertiary/aromatic N) is 1. The smallest absolute Gasteiger partial charge is 0.325 e. The highest BCUT2D eigenvalue weighted by Crippen LogP contribution is 2.18. The average Bonchev–Trinajstić information content (AvgIpc) is 2.38. The molecule has 1 atom stereocenters. The number of sulfonamides is 1. The van der Waals surface area contributed by atoms with Gasteiger partial charge in [0.15, 0.2) is 5.25 Å². The van der Waals surface area contributed by atoms with E-state index in [4.69, 9.17) is 0 Å². The molecule has 1 N–H and O–H groups in total. The predicted molar refractivity (Wildman–Crippen MR) is 71.7 cm³/mol. The van der Waals surface area contributed by atoms with Crippen molar-refractivity contribution in [2.45, 2.75) is 18.6 Å². The highest BCUT2D eigenvalue weighted by molar-refractivity contribution is 7.94. The van der Waals surface area contributed by atoms with Crippen LogP contribution in [0.25, 0.3) is 0 Å². The van der Waals surface area contributed by atoms with Crippen LogP contribution in [0.3, 0.4) is 0 Å². The van der Waals surface area contributed by atoms with Crippen LogP contribution in [0.1, 0.15) is 13.3 Å². The number of benzene rings is 1. The molecule has 20 heavy (non-hydrogen) atoms. The topological polar surface area (TPSA) is 116 Å². The Hall–Kier alpha value is -2.16. The maximum atomic E-state index is 12.0. The Labute approximate surface area is 115 Å². The van der Waals surface area contributed by atoms with E-state index < -0.39 is 26.2 Å². The van der Waals surface area contributed by atoms with Crippen LogP contribution in [0.4, 0.5) is 11.4 Å². The molecular weight excluding hydrogens is 288 g/mol. The third kappa shape index (κ3) is 3.67. The van der Waals surface area contributed by atoms with Gasteiger partial charge in [-0.2, -0.15) is 0 Å². The van der Waals surface area contributed by atoms with Crippen LogP contribution in [0, 0.1) is 10.1 Å². The number of esters is 1. The van der Waals surface area contributed by atoms with Crippen LogP contribution in [-0.2, 0) is 19.6 Å². The molecule has 1 rings (SSSR count). The Morgan fingerprint density at radius 1 is 1.40 bits per heavy atom. The minimum Gasteiger partial charge on any atom is -0.468 e. The molecule has 0 spiro atoms. The van der Waals surface area contributed by atoms with Gasteiger partial charge >= 0.3 is 5.97 Å². The third-order valence-corrected chi connectivity index (χ3v) is 4.34. The molecule has 0 aromatic heterocycles. The largest absolute Gasteiger partial charge is 0.468 e. The molecule has 1 aromatic rings. The number of hydrogen-bond acceptors (Lipinski definition) is 6. The molecule has 0 fully saturated rings. The van der Waals surface area contributed by atoms with Crippen molar-refractivity contribution in [1.29, 1.82) is 0 Å². The van der Waals surface area contributed by atoms with E-state index in [1.807, 2.05) is 0 Å². The lowest BCUT2D eigenvalue weighted by atomic mass is 10.3. The van der Waals surface area contributed by atoms with Gasteiger partial charge in [0.1, 0.15) is 0 Å². The van der Waals surface area contributed by atoms with Crippen molar-refractivity contribution in [2.75, 3.05) is 11.8 Å². The first-order chi connectivity index (χ1) is 9.31. The minimum absolute atomic E-state index is 0.0506. The van der Waals surface area contributed by atoms with Gasteiger partial charge in [-0.05, 0) is 18.6 Å². The molecule has 0 radical (unpaired) electrons. The molecule has 0 aliphatic rings. The second-order valence-electron chi connectivity index (χ2n) is 3.87. The van der Waals surface area contributed by atoms with Gasteiger partial charge in [0.05, 0.1) is 12.0 Å². The monoisotopic (exact) mass is 302 g/mol. The summed E-state index contributed by atoms with van der Waals surface area (Å²) in [4.78, 5) is 21.3. The average molecular weight is 302 g/mol. The van der Waals surface area contributed by atoms with Crippen LogP contribution in [0.15, 0.2) is 24.3 Å². The molecule has 0 bridgehead atoms. The van der Waals surface area contributed by atoms with Crippen molar-refractivity contribution in [3.8, 4) is 0 Å². The van der Waals surface area contributed by atoms with Gasteiger partial charge in [0.2, 0.25) is 10.0 Å². The number of nitro benzene ring substituents is 1. The Morgan fingerprint density at radius 2 is 1.95 bits per heavy atom. The molecular formula is C11H14N2O6S. The number of non-ortho nitro benzene ring substituents is 1. The Morgan fingerprint density at radius 3 is 2.35 bits per heavy atom. The summed E-state index contributed by atoms with van der Waals surface area (Å²) in [5.74, 6) is -0.859. The summed E-state index contributed by atoms with van der Waals surface area (Å²) in [7, 11) is -2.86.